The van der Waals surface area contributed by atoms with Crippen molar-refractivity contribution < 1.29 is 0 Å². The Morgan fingerprint density at radius 2 is 1.06 bits per heavy atom. The van der Waals surface area contributed by atoms with E-state index in [9.17, 15) is 0 Å². The molecule has 0 aromatic heterocycles. The molecule has 4 bridgehead atoms. The molecule has 0 spiro atoms. The third-order valence-corrected chi connectivity index (χ3v) is 11.1. The molecule has 4 aliphatic carbocycles. The largest absolute Gasteiger partial charge is 0.152 e. The summed E-state index contributed by atoms with van der Waals surface area (Å²) in [4.78, 5) is 1.65. The number of hydrogen-bond donors (Lipinski definition) is 0. The van der Waals surface area contributed by atoms with E-state index in [-0.39, 0.29) is 0 Å². The molecule has 0 aromatic rings. The molecule has 0 aromatic carbocycles. The summed E-state index contributed by atoms with van der Waals surface area (Å²) in [7, 11) is 0. The van der Waals surface area contributed by atoms with Crippen molar-refractivity contribution in [3.8, 4) is 0 Å². The maximum absolute atomic E-state index is 4.01. The number of thioether (sulfide) groups is 1. The molecular weight excluding hydrogens is 360 g/mol. The van der Waals surface area contributed by atoms with Crippen LogP contribution >= 0.6 is 43.6 Å². The summed E-state index contributed by atoms with van der Waals surface area (Å²) in [6.45, 7) is 0. The highest BCUT2D eigenvalue weighted by Crippen LogP contribution is 2.59. The van der Waals surface area contributed by atoms with Crippen LogP contribution in [-0.2, 0) is 0 Å². The van der Waals surface area contributed by atoms with Gasteiger partial charge in [0, 0.05) is 20.2 Å². The standard InChI is InChI=1S/C14H20Br2S/c15-11-7-1-3-9(5-7)13(11)17-14-10-4-2-8(6-10)12(14)16/h7-14H,1-6H2/t7?,8?,9?,10?,11-,12+,13?,14?. The second-order valence-electron chi connectivity index (χ2n) is 6.62. The van der Waals surface area contributed by atoms with Gasteiger partial charge in [-0.05, 0) is 62.2 Å². The molecule has 96 valence electrons. The molecule has 4 aliphatic rings. The Morgan fingerprint density at radius 3 is 1.41 bits per heavy atom. The van der Waals surface area contributed by atoms with Crippen LogP contribution in [-0.4, -0.2) is 20.2 Å². The molecule has 4 rings (SSSR count). The first-order valence-electron chi connectivity index (χ1n) is 7.17. The number of rotatable bonds is 2. The van der Waals surface area contributed by atoms with Gasteiger partial charge in [0.15, 0.2) is 0 Å². The molecule has 0 amide bonds. The van der Waals surface area contributed by atoms with Gasteiger partial charge in [-0.15, -0.1) is 0 Å². The summed E-state index contributed by atoms with van der Waals surface area (Å²) < 4.78 is 0. The second kappa shape index (κ2) is 4.41. The van der Waals surface area contributed by atoms with Crippen molar-refractivity contribution in [3.63, 3.8) is 0 Å². The number of hydrogen-bond acceptors (Lipinski definition) is 1. The van der Waals surface area contributed by atoms with Crippen LogP contribution in [0.5, 0.6) is 0 Å². The third kappa shape index (κ3) is 1.81. The van der Waals surface area contributed by atoms with Crippen molar-refractivity contribution in [1.29, 1.82) is 0 Å². The molecule has 0 nitrogen and oxygen atoms in total. The van der Waals surface area contributed by atoms with E-state index < -0.39 is 0 Å². The van der Waals surface area contributed by atoms with Gasteiger partial charge in [0.1, 0.15) is 0 Å². The Morgan fingerprint density at radius 1 is 0.647 bits per heavy atom. The lowest BCUT2D eigenvalue weighted by Crippen LogP contribution is -2.32. The average molecular weight is 380 g/mol. The molecule has 6 unspecified atom stereocenters. The fourth-order valence-corrected chi connectivity index (χ4v) is 9.51. The zero-order valence-corrected chi connectivity index (χ0v) is 14.0. The SMILES string of the molecule is Br[C@@H]1C2CCC(C2)C1SC1C2CCC(C2)[C@@H]1Br. The maximum Gasteiger partial charge on any atom is 0.0295 e. The van der Waals surface area contributed by atoms with E-state index in [1.165, 1.54) is 38.5 Å². The average Bonchev–Trinajstić information content (AvgIpc) is 3.05. The van der Waals surface area contributed by atoms with E-state index in [1.807, 2.05) is 0 Å². The topological polar surface area (TPSA) is 0 Å². The fraction of sp³-hybridized carbons (Fsp3) is 1.00. The van der Waals surface area contributed by atoms with Gasteiger partial charge in [0.2, 0.25) is 0 Å². The molecule has 0 heterocycles. The summed E-state index contributed by atoms with van der Waals surface area (Å²) in [5.41, 5.74) is 0. The van der Waals surface area contributed by atoms with Crippen LogP contribution in [0.4, 0.5) is 0 Å². The van der Waals surface area contributed by atoms with E-state index >= 15 is 0 Å². The lowest BCUT2D eigenvalue weighted by atomic mass is 9.99. The third-order valence-electron chi connectivity index (χ3n) is 5.80. The number of alkyl halides is 2. The van der Waals surface area contributed by atoms with Crippen molar-refractivity contribution >= 4 is 43.6 Å². The molecule has 3 heteroatoms. The van der Waals surface area contributed by atoms with Crippen LogP contribution in [0, 0.1) is 23.7 Å². The van der Waals surface area contributed by atoms with Crippen molar-refractivity contribution in [2.24, 2.45) is 23.7 Å². The zero-order valence-electron chi connectivity index (χ0n) is 10.0. The van der Waals surface area contributed by atoms with Crippen molar-refractivity contribution in [2.45, 2.75) is 58.7 Å². The molecular formula is C14H20Br2S. The zero-order chi connectivity index (χ0) is 11.6. The first kappa shape index (κ1) is 12.1. The normalized spacial score (nSPS) is 60.4. The van der Waals surface area contributed by atoms with E-state index in [2.05, 4.69) is 43.6 Å². The van der Waals surface area contributed by atoms with Crippen molar-refractivity contribution in [3.05, 3.63) is 0 Å². The monoisotopic (exact) mass is 378 g/mol. The lowest BCUT2D eigenvalue weighted by molar-refractivity contribution is 0.488. The molecule has 4 fully saturated rings. The molecule has 17 heavy (non-hydrogen) atoms. The Kier molecular flexibility index (Phi) is 3.13. The van der Waals surface area contributed by atoms with Gasteiger partial charge >= 0.3 is 0 Å². The Hall–Kier alpha value is 1.31. The van der Waals surface area contributed by atoms with Gasteiger partial charge in [-0.2, -0.15) is 11.8 Å². The van der Waals surface area contributed by atoms with Crippen LogP contribution in [0.25, 0.3) is 0 Å². The molecule has 0 N–H and O–H groups in total. The van der Waals surface area contributed by atoms with Gasteiger partial charge in [0.05, 0.1) is 0 Å². The smallest absolute Gasteiger partial charge is 0.0295 e. The van der Waals surface area contributed by atoms with Gasteiger partial charge in [-0.25, -0.2) is 0 Å². The first-order valence-corrected chi connectivity index (χ1v) is 9.95. The molecule has 0 aliphatic heterocycles. The Labute approximate surface area is 125 Å². The Balaban J connectivity index is 1.47. The highest BCUT2D eigenvalue weighted by Gasteiger charge is 2.52. The summed E-state index contributed by atoms with van der Waals surface area (Å²) in [5, 5.41) is 1.86. The summed E-state index contributed by atoms with van der Waals surface area (Å²) in [5.74, 6) is 4.08. The minimum atomic E-state index is 0.824. The van der Waals surface area contributed by atoms with Crippen LogP contribution < -0.4 is 0 Å². The minimum Gasteiger partial charge on any atom is -0.152 e. The van der Waals surface area contributed by atoms with E-state index in [4.69, 9.17) is 0 Å². The van der Waals surface area contributed by atoms with Gasteiger partial charge in [0.25, 0.3) is 0 Å². The van der Waals surface area contributed by atoms with Gasteiger partial charge in [-0.1, -0.05) is 31.9 Å². The fourth-order valence-electron chi connectivity index (χ4n) is 4.89. The highest BCUT2D eigenvalue weighted by molar-refractivity contribution is 9.10. The van der Waals surface area contributed by atoms with E-state index in [0.717, 1.165) is 43.8 Å². The number of halogens is 2. The Bertz CT molecular complexity index is 287. The van der Waals surface area contributed by atoms with E-state index in [0.29, 0.717) is 0 Å². The highest BCUT2D eigenvalue weighted by atomic mass is 79.9. The van der Waals surface area contributed by atoms with Gasteiger partial charge in [-0.3, -0.25) is 0 Å². The number of fused-ring (bicyclic) bond motifs is 4. The van der Waals surface area contributed by atoms with Crippen LogP contribution in [0.15, 0.2) is 0 Å². The minimum absolute atomic E-state index is 0.824. The van der Waals surface area contributed by atoms with Crippen LogP contribution in [0.2, 0.25) is 0 Å². The molecule has 0 radical (unpaired) electrons. The lowest BCUT2D eigenvalue weighted by Gasteiger charge is -2.34. The van der Waals surface area contributed by atoms with E-state index in [1.54, 1.807) is 0 Å². The second-order valence-corrected chi connectivity index (χ2v) is 10.1. The molecule has 4 saturated carbocycles. The maximum atomic E-state index is 4.01. The predicted octanol–water partition coefficient (Wildman–Crippen LogP) is 4.84. The summed E-state index contributed by atoms with van der Waals surface area (Å²) in [6.07, 6.45) is 9.04. The van der Waals surface area contributed by atoms with Gasteiger partial charge < -0.3 is 0 Å². The first-order chi connectivity index (χ1) is 8.24. The molecule has 8 atom stereocenters. The quantitative estimate of drug-likeness (QED) is 0.618. The predicted molar refractivity (Wildman–Crippen MR) is 82.3 cm³/mol. The van der Waals surface area contributed by atoms with Crippen LogP contribution in [0.3, 0.4) is 0 Å². The summed E-state index contributed by atoms with van der Waals surface area (Å²) >= 11 is 10.4. The molecule has 0 saturated heterocycles. The van der Waals surface area contributed by atoms with Crippen LogP contribution in [0.1, 0.15) is 38.5 Å². The summed E-state index contributed by atoms with van der Waals surface area (Å²) in [6, 6.07) is 0. The van der Waals surface area contributed by atoms with Crippen molar-refractivity contribution in [2.75, 3.05) is 0 Å². The van der Waals surface area contributed by atoms with Crippen molar-refractivity contribution in [1.82, 2.24) is 0 Å².